The molecule has 9 heteroatoms. The highest BCUT2D eigenvalue weighted by Gasteiger charge is 2.32. The van der Waals surface area contributed by atoms with Crippen LogP contribution < -0.4 is 4.90 Å². The van der Waals surface area contributed by atoms with E-state index in [1.54, 1.807) is 0 Å². The van der Waals surface area contributed by atoms with Crippen LogP contribution in [0.3, 0.4) is 0 Å². The van der Waals surface area contributed by atoms with Crippen molar-refractivity contribution in [2.75, 3.05) is 18.0 Å². The van der Waals surface area contributed by atoms with Crippen LogP contribution in [-0.2, 0) is 11.0 Å². The number of carbonyl (C=O) groups is 1. The van der Waals surface area contributed by atoms with E-state index in [0.29, 0.717) is 12.4 Å². The average molecular weight is 305 g/mol. The lowest BCUT2D eigenvalue weighted by atomic mass is 10.0. The van der Waals surface area contributed by atoms with Gasteiger partial charge in [-0.05, 0) is 12.0 Å². The van der Waals surface area contributed by atoms with E-state index in [1.165, 1.54) is 4.90 Å². The first kappa shape index (κ1) is 15.2. The largest absolute Gasteiger partial charge is 0.478 e. The number of carboxylic acids is 1. The first-order valence-corrected chi connectivity index (χ1v) is 5.99. The van der Waals surface area contributed by atoms with Crippen LogP contribution in [-0.4, -0.2) is 40.3 Å². The van der Waals surface area contributed by atoms with Gasteiger partial charge < -0.3 is 10.0 Å². The van der Waals surface area contributed by atoms with Crippen LogP contribution in [0.15, 0.2) is 24.0 Å². The molecule has 1 unspecified atom stereocenters. The highest BCUT2D eigenvalue weighted by Crippen LogP contribution is 2.29. The van der Waals surface area contributed by atoms with Crippen LogP contribution in [0.5, 0.6) is 0 Å². The summed E-state index contributed by atoms with van der Waals surface area (Å²) in [5.74, 6) is -1.24. The molecule has 1 N–H and O–H groups in total. The summed E-state index contributed by atoms with van der Waals surface area (Å²) < 4.78 is 50.9. The molecule has 1 aromatic heterocycles. The maximum Gasteiger partial charge on any atom is 0.419 e. The number of hydrogen-bond donors (Lipinski definition) is 1. The fraction of sp³-hybridized carbons (Fsp3) is 0.417. The van der Waals surface area contributed by atoms with E-state index in [2.05, 4.69) is 9.97 Å². The van der Waals surface area contributed by atoms with Crippen molar-refractivity contribution in [1.82, 2.24) is 9.97 Å². The Hall–Kier alpha value is -2.19. The smallest absolute Gasteiger partial charge is 0.419 e. The third-order valence-electron chi connectivity index (χ3n) is 3.01. The Labute approximate surface area is 116 Å². The van der Waals surface area contributed by atoms with E-state index in [1.807, 2.05) is 0 Å². The number of hydrogen-bond acceptors (Lipinski definition) is 4. The molecular formula is C12H11F4N3O2. The quantitative estimate of drug-likeness (QED) is 0.669. The standard InChI is InChI=1S/C12H11F4N3O2/c13-9-6-19(2-1-7(9)3-10(20)21)11-17-4-8(5-18-11)12(14,15)16/h3-5,9H,1-2,6H2,(H,20,21). The van der Waals surface area contributed by atoms with Gasteiger partial charge in [0.1, 0.15) is 6.17 Å². The van der Waals surface area contributed by atoms with Gasteiger partial charge in [-0.1, -0.05) is 0 Å². The number of halogens is 4. The van der Waals surface area contributed by atoms with Gasteiger partial charge in [0, 0.05) is 25.0 Å². The Morgan fingerprint density at radius 2 is 2.00 bits per heavy atom. The zero-order valence-electron chi connectivity index (χ0n) is 10.6. The van der Waals surface area contributed by atoms with Crippen molar-refractivity contribution in [3.05, 3.63) is 29.6 Å². The molecule has 0 bridgehead atoms. The third kappa shape index (κ3) is 3.67. The zero-order chi connectivity index (χ0) is 15.6. The summed E-state index contributed by atoms with van der Waals surface area (Å²) in [5.41, 5.74) is -0.836. The number of aromatic nitrogens is 2. The van der Waals surface area contributed by atoms with Crippen molar-refractivity contribution >= 4 is 11.9 Å². The topological polar surface area (TPSA) is 66.3 Å². The lowest BCUT2D eigenvalue weighted by molar-refractivity contribution is -0.138. The van der Waals surface area contributed by atoms with E-state index >= 15 is 0 Å². The van der Waals surface area contributed by atoms with Gasteiger partial charge in [-0.2, -0.15) is 13.2 Å². The Balaban J connectivity index is 2.10. The van der Waals surface area contributed by atoms with Gasteiger partial charge in [0.05, 0.1) is 12.1 Å². The highest BCUT2D eigenvalue weighted by molar-refractivity contribution is 5.81. The molecule has 0 spiro atoms. The summed E-state index contributed by atoms with van der Waals surface area (Å²) in [5, 5.41) is 8.59. The maximum atomic E-state index is 13.8. The first-order chi connectivity index (χ1) is 9.77. The molecule has 0 aromatic carbocycles. The van der Waals surface area contributed by atoms with Gasteiger partial charge in [0.25, 0.3) is 0 Å². The van der Waals surface area contributed by atoms with E-state index < -0.39 is 23.9 Å². The molecule has 2 rings (SSSR count). The van der Waals surface area contributed by atoms with Crippen molar-refractivity contribution < 1.29 is 27.5 Å². The van der Waals surface area contributed by atoms with Crippen LogP contribution in [0, 0.1) is 0 Å². The molecule has 0 saturated carbocycles. The molecule has 2 heterocycles. The van der Waals surface area contributed by atoms with Gasteiger partial charge in [0.2, 0.25) is 5.95 Å². The minimum absolute atomic E-state index is 0.0139. The van der Waals surface area contributed by atoms with Crippen molar-refractivity contribution in [1.29, 1.82) is 0 Å². The maximum absolute atomic E-state index is 13.8. The van der Waals surface area contributed by atoms with Crippen LogP contribution in [0.1, 0.15) is 12.0 Å². The summed E-state index contributed by atoms with van der Waals surface area (Å²) in [7, 11) is 0. The second-order valence-electron chi connectivity index (χ2n) is 4.49. The minimum atomic E-state index is -4.53. The predicted molar refractivity (Wildman–Crippen MR) is 64.5 cm³/mol. The Kier molecular flexibility index (Phi) is 4.10. The van der Waals surface area contributed by atoms with Crippen LogP contribution >= 0.6 is 0 Å². The van der Waals surface area contributed by atoms with Crippen molar-refractivity contribution in [3.63, 3.8) is 0 Å². The molecule has 5 nitrogen and oxygen atoms in total. The minimum Gasteiger partial charge on any atom is -0.478 e. The summed E-state index contributed by atoms with van der Waals surface area (Å²) in [6.07, 6.45) is -3.80. The monoisotopic (exact) mass is 305 g/mol. The van der Waals surface area contributed by atoms with E-state index in [4.69, 9.17) is 5.11 Å². The molecule has 1 atom stereocenters. The molecule has 0 aliphatic carbocycles. The van der Waals surface area contributed by atoms with E-state index in [0.717, 1.165) is 6.08 Å². The lowest BCUT2D eigenvalue weighted by Crippen LogP contribution is -2.39. The first-order valence-electron chi connectivity index (χ1n) is 5.99. The molecule has 114 valence electrons. The fourth-order valence-corrected chi connectivity index (χ4v) is 1.96. The van der Waals surface area contributed by atoms with Crippen LogP contribution in [0.25, 0.3) is 0 Å². The lowest BCUT2D eigenvalue weighted by Gasteiger charge is -2.30. The third-order valence-corrected chi connectivity index (χ3v) is 3.01. The van der Waals surface area contributed by atoms with Crippen molar-refractivity contribution in [3.8, 4) is 0 Å². The number of rotatable bonds is 2. The zero-order valence-corrected chi connectivity index (χ0v) is 10.6. The van der Waals surface area contributed by atoms with Gasteiger partial charge in [-0.25, -0.2) is 19.2 Å². The van der Waals surface area contributed by atoms with Crippen LogP contribution in [0.4, 0.5) is 23.5 Å². The summed E-state index contributed by atoms with van der Waals surface area (Å²) >= 11 is 0. The van der Waals surface area contributed by atoms with Crippen molar-refractivity contribution in [2.24, 2.45) is 0 Å². The Morgan fingerprint density at radius 1 is 1.38 bits per heavy atom. The molecule has 21 heavy (non-hydrogen) atoms. The van der Waals surface area contributed by atoms with E-state index in [9.17, 15) is 22.4 Å². The van der Waals surface area contributed by atoms with E-state index in [-0.39, 0.29) is 31.0 Å². The number of piperidine rings is 1. The number of anilines is 1. The average Bonchev–Trinajstić information content (AvgIpc) is 2.40. The van der Waals surface area contributed by atoms with Crippen LogP contribution in [0.2, 0.25) is 0 Å². The molecule has 1 fully saturated rings. The molecule has 0 radical (unpaired) electrons. The molecule has 1 saturated heterocycles. The van der Waals surface area contributed by atoms with Gasteiger partial charge >= 0.3 is 12.1 Å². The fourth-order valence-electron chi connectivity index (χ4n) is 1.96. The summed E-state index contributed by atoms with van der Waals surface area (Å²) in [4.78, 5) is 19.1. The van der Waals surface area contributed by atoms with Crippen molar-refractivity contribution in [2.45, 2.75) is 18.8 Å². The number of nitrogens with zero attached hydrogens (tertiary/aromatic N) is 3. The summed E-state index contributed by atoms with van der Waals surface area (Å²) in [6, 6.07) is 0. The SMILES string of the molecule is O=C(O)C=C1CCN(c2ncc(C(F)(F)F)cn2)CC1F. The second-order valence-corrected chi connectivity index (χ2v) is 4.49. The molecule has 1 aliphatic rings. The van der Waals surface area contributed by atoms with Gasteiger partial charge in [-0.15, -0.1) is 0 Å². The number of aliphatic carboxylic acids is 1. The molecule has 1 aromatic rings. The normalized spacial score (nSPS) is 21.6. The Morgan fingerprint density at radius 3 is 2.48 bits per heavy atom. The molecule has 0 amide bonds. The highest BCUT2D eigenvalue weighted by atomic mass is 19.4. The molecular weight excluding hydrogens is 294 g/mol. The molecule has 1 aliphatic heterocycles. The number of carboxylic acid groups (broad SMARTS) is 1. The number of alkyl halides is 4. The summed E-state index contributed by atoms with van der Waals surface area (Å²) in [6.45, 7) is 0.0510. The second kappa shape index (κ2) is 5.66. The predicted octanol–water partition coefficient (Wildman–Crippen LogP) is 2.05. The van der Waals surface area contributed by atoms with Gasteiger partial charge in [-0.3, -0.25) is 0 Å². The van der Waals surface area contributed by atoms with Gasteiger partial charge in [0.15, 0.2) is 0 Å². The Bertz CT molecular complexity index is 557.